The summed E-state index contributed by atoms with van der Waals surface area (Å²) in [7, 11) is 0. The van der Waals surface area contributed by atoms with Gasteiger partial charge < -0.3 is 5.73 Å². The molecule has 0 aromatic rings. The Balaban J connectivity index is 3.26. The summed E-state index contributed by atoms with van der Waals surface area (Å²) in [6.45, 7) is 0. The van der Waals surface area contributed by atoms with Crippen molar-refractivity contribution < 1.29 is 0 Å². The summed E-state index contributed by atoms with van der Waals surface area (Å²) >= 11 is 7.42. The van der Waals surface area contributed by atoms with E-state index in [2.05, 4.69) is 25.3 Å². The van der Waals surface area contributed by atoms with E-state index in [4.69, 9.17) is 11.1 Å². The molecule has 4 heteroatoms. The lowest BCUT2D eigenvalue weighted by molar-refractivity contribution is 1.41. The molecule has 0 spiro atoms. The molecule has 0 fully saturated rings. The van der Waals surface area contributed by atoms with Crippen molar-refractivity contribution in [2.24, 2.45) is 5.73 Å². The minimum atomic E-state index is -0.398. The molecular weight excluding hydrogens is 116 g/mol. The molecule has 0 unspecified atom stereocenters. The standard InChI is InChI=1S/C2H6N2S2/c3-1(4)2(5)6/h2,5-6H,(H3,3,4). The van der Waals surface area contributed by atoms with E-state index in [9.17, 15) is 0 Å². The molecule has 0 aromatic carbocycles. The van der Waals surface area contributed by atoms with Gasteiger partial charge in [0.15, 0.2) is 0 Å². The van der Waals surface area contributed by atoms with Gasteiger partial charge in [-0.2, -0.15) is 25.3 Å². The quantitative estimate of drug-likeness (QED) is 0.170. The highest BCUT2D eigenvalue weighted by Gasteiger charge is 1.93. The molecule has 36 valence electrons. The van der Waals surface area contributed by atoms with Crippen LogP contribution in [0.4, 0.5) is 0 Å². The first-order chi connectivity index (χ1) is 2.64. The maximum Gasteiger partial charge on any atom is 0.114 e. The van der Waals surface area contributed by atoms with Crippen LogP contribution in [-0.4, -0.2) is 10.4 Å². The molecule has 0 radical (unpaired) electrons. The van der Waals surface area contributed by atoms with Gasteiger partial charge >= 0.3 is 0 Å². The van der Waals surface area contributed by atoms with Crippen LogP contribution in [0.5, 0.6) is 0 Å². The fourth-order valence-corrected chi connectivity index (χ4v) is 0. The van der Waals surface area contributed by atoms with Crippen molar-refractivity contribution in [1.82, 2.24) is 0 Å². The van der Waals surface area contributed by atoms with E-state index in [0.717, 1.165) is 0 Å². The third kappa shape index (κ3) is 2.41. The number of hydrogen-bond donors (Lipinski definition) is 4. The number of nitrogens with one attached hydrogen (secondary N) is 1. The molecule has 0 bridgehead atoms. The molecule has 2 nitrogen and oxygen atoms in total. The number of nitrogens with two attached hydrogens (primary N) is 1. The van der Waals surface area contributed by atoms with Crippen LogP contribution < -0.4 is 5.73 Å². The molecule has 0 saturated carbocycles. The number of thiol groups is 2. The summed E-state index contributed by atoms with van der Waals surface area (Å²) in [5.41, 5.74) is 4.87. The topological polar surface area (TPSA) is 49.9 Å². The van der Waals surface area contributed by atoms with Crippen molar-refractivity contribution in [2.45, 2.75) is 4.58 Å². The van der Waals surface area contributed by atoms with Crippen LogP contribution in [0, 0.1) is 5.41 Å². The highest BCUT2D eigenvalue weighted by Crippen LogP contribution is 1.95. The Labute approximate surface area is 47.4 Å². The van der Waals surface area contributed by atoms with E-state index in [1.807, 2.05) is 0 Å². The highest BCUT2D eigenvalue weighted by atomic mass is 32.2. The zero-order valence-corrected chi connectivity index (χ0v) is 4.84. The molecular formula is C2H6N2S2. The van der Waals surface area contributed by atoms with Crippen molar-refractivity contribution in [3.8, 4) is 0 Å². The molecule has 0 saturated heterocycles. The molecule has 0 amide bonds. The fraction of sp³-hybridized carbons (Fsp3) is 0.500. The zero-order chi connectivity index (χ0) is 5.15. The van der Waals surface area contributed by atoms with Crippen molar-refractivity contribution in [3.05, 3.63) is 0 Å². The normalized spacial score (nSPS) is 9.17. The van der Waals surface area contributed by atoms with E-state index in [1.54, 1.807) is 0 Å². The van der Waals surface area contributed by atoms with Gasteiger partial charge in [-0.15, -0.1) is 0 Å². The lowest BCUT2D eigenvalue weighted by Crippen LogP contribution is -2.17. The van der Waals surface area contributed by atoms with E-state index in [-0.39, 0.29) is 5.84 Å². The van der Waals surface area contributed by atoms with Crippen molar-refractivity contribution in [2.75, 3.05) is 0 Å². The lowest BCUT2D eigenvalue weighted by atomic mass is 10.7. The number of hydrogen-bond acceptors (Lipinski definition) is 3. The largest absolute Gasteiger partial charge is 0.386 e. The van der Waals surface area contributed by atoms with Gasteiger partial charge in [-0.25, -0.2) is 0 Å². The Kier molecular flexibility index (Phi) is 2.43. The maximum atomic E-state index is 6.57. The molecule has 0 aromatic heterocycles. The lowest BCUT2D eigenvalue weighted by Gasteiger charge is -1.93. The Hall–Kier alpha value is 0.170. The van der Waals surface area contributed by atoms with Crippen LogP contribution in [0.2, 0.25) is 0 Å². The van der Waals surface area contributed by atoms with E-state index >= 15 is 0 Å². The molecule has 0 aliphatic rings. The first-order valence-corrected chi connectivity index (χ1v) is 2.38. The summed E-state index contributed by atoms with van der Waals surface area (Å²) in [5, 5.41) is 6.57. The van der Waals surface area contributed by atoms with Gasteiger partial charge in [0.25, 0.3) is 0 Å². The summed E-state index contributed by atoms with van der Waals surface area (Å²) in [4.78, 5) is 0. The van der Waals surface area contributed by atoms with Gasteiger partial charge in [0.1, 0.15) is 10.4 Å². The Bertz CT molecular complexity index is 60.6. The van der Waals surface area contributed by atoms with Crippen LogP contribution in [0.15, 0.2) is 0 Å². The number of rotatable bonds is 1. The summed E-state index contributed by atoms with van der Waals surface area (Å²) in [6.07, 6.45) is 0. The SMILES string of the molecule is N=C(N)C(S)S. The van der Waals surface area contributed by atoms with Crippen LogP contribution in [0.3, 0.4) is 0 Å². The summed E-state index contributed by atoms with van der Waals surface area (Å²) in [6, 6.07) is 0. The third-order valence-corrected chi connectivity index (χ3v) is 0.835. The van der Waals surface area contributed by atoms with Gasteiger partial charge in [-0.05, 0) is 0 Å². The van der Waals surface area contributed by atoms with Crippen molar-refractivity contribution in [3.63, 3.8) is 0 Å². The van der Waals surface area contributed by atoms with Crippen LogP contribution in [0.25, 0.3) is 0 Å². The van der Waals surface area contributed by atoms with Gasteiger partial charge in [0, 0.05) is 0 Å². The molecule has 0 rings (SSSR count). The van der Waals surface area contributed by atoms with Gasteiger partial charge in [0.05, 0.1) is 0 Å². The average molecular weight is 122 g/mol. The third-order valence-electron chi connectivity index (χ3n) is 0.278. The first-order valence-electron chi connectivity index (χ1n) is 1.34. The molecule has 0 atom stereocenters. The monoisotopic (exact) mass is 122 g/mol. The number of amidine groups is 1. The Morgan fingerprint density at radius 1 is 1.67 bits per heavy atom. The molecule has 0 heterocycles. The second-order valence-electron chi connectivity index (χ2n) is 0.829. The second kappa shape index (κ2) is 2.36. The molecule has 6 heavy (non-hydrogen) atoms. The maximum absolute atomic E-state index is 6.57. The molecule has 0 aliphatic heterocycles. The smallest absolute Gasteiger partial charge is 0.114 e. The summed E-state index contributed by atoms with van der Waals surface area (Å²) in [5.74, 6) is -0.0123. The predicted octanol–water partition coefficient (Wildman–Crippen LogP) is 0.108. The van der Waals surface area contributed by atoms with E-state index < -0.39 is 4.58 Å². The Morgan fingerprint density at radius 3 is 1.83 bits per heavy atom. The van der Waals surface area contributed by atoms with Gasteiger partial charge in [0.2, 0.25) is 0 Å². The van der Waals surface area contributed by atoms with Crippen LogP contribution in [0.1, 0.15) is 0 Å². The van der Waals surface area contributed by atoms with Crippen LogP contribution in [-0.2, 0) is 0 Å². The first kappa shape index (κ1) is 6.17. The van der Waals surface area contributed by atoms with Crippen molar-refractivity contribution >= 4 is 31.1 Å². The average Bonchev–Trinajstić information content (AvgIpc) is 1.36. The van der Waals surface area contributed by atoms with E-state index in [0.29, 0.717) is 0 Å². The van der Waals surface area contributed by atoms with Gasteiger partial charge in [-0.3, -0.25) is 5.41 Å². The minimum absolute atomic E-state index is 0.0123. The van der Waals surface area contributed by atoms with Crippen molar-refractivity contribution in [1.29, 1.82) is 5.41 Å². The summed E-state index contributed by atoms with van der Waals surface area (Å²) < 4.78 is -0.398. The molecule has 3 N–H and O–H groups in total. The van der Waals surface area contributed by atoms with Crippen LogP contribution >= 0.6 is 25.3 Å². The van der Waals surface area contributed by atoms with E-state index in [1.165, 1.54) is 0 Å². The highest BCUT2D eigenvalue weighted by molar-refractivity contribution is 8.00. The zero-order valence-electron chi connectivity index (χ0n) is 3.05. The molecule has 0 aliphatic carbocycles. The van der Waals surface area contributed by atoms with Gasteiger partial charge in [-0.1, -0.05) is 0 Å². The second-order valence-corrected chi connectivity index (χ2v) is 2.27. The fourth-order valence-electron chi connectivity index (χ4n) is 0. The predicted molar refractivity (Wildman–Crippen MR) is 33.7 cm³/mol. The Morgan fingerprint density at radius 2 is 1.83 bits per heavy atom. The minimum Gasteiger partial charge on any atom is -0.386 e.